The molecule has 0 fully saturated rings. The van der Waals surface area contributed by atoms with Crippen molar-refractivity contribution < 1.29 is 8.42 Å². The fourth-order valence-corrected chi connectivity index (χ4v) is 3.32. The van der Waals surface area contributed by atoms with Crippen LogP contribution in [-0.2, 0) is 10.0 Å². The molecule has 1 heterocycles. The van der Waals surface area contributed by atoms with Gasteiger partial charge in [0.2, 0.25) is 10.0 Å². The molecule has 18 heavy (non-hydrogen) atoms. The van der Waals surface area contributed by atoms with E-state index in [0.717, 1.165) is 10.4 Å². The smallest absolute Gasteiger partial charge is 0.212 e. The van der Waals surface area contributed by atoms with Crippen LogP contribution in [0.3, 0.4) is 0 Å². The fourth-order valence-electron chi connectivity index (χ4n) is 1.65. The lowest BCUT2D eigenvalue weighted by molar-refractivity contribution is 0.574. The average molecular weight is 281 g/mol. The van der Waals surface area contributed by atoms with Crippen LogP contribution in [-0.4, -0.2) is 14.2 Å². The summed E-state index contributed by atoms with van der Waals surface area (Å²) in [6.07, 6.45) is 0. The topological polar surface area (TPSA) is 46.2 Å². The van der Waals surface area contributed by atoms with E-state index in [1.807, 2.05) is 47.8 Å². The molecule has 1 unspecified atom stereocenters. The van der Waals surface area contributed by atoms with Gasteiger partial charge in [-0.15, -0.1) is 11.3 Å². The zero-order valence-corrected chi connectivity index (χ0v) is 11.7. The minimum atomic E-state index is -3.24. The quantitative estimate of drug-likeness (QED) is 0.916. The van der Waals surface area contributed by atoms with Gasteiger partial charge in [0.1, 0.15) is 0 Å². The standard InChI is InChI=1S/C13H15NO2S2/c1-2-18(15,16)14-13(12-9-6-10-17-12)11-7-4-3-5-8-11/h3-10,13-14H,2H2,1H3. The highest BCUT2D eigenvalue weighted by molar-refractivity contribution is 7.89. The second-order valence-corrected chi connectivity index (χ2v) is 6.90. The van der Waals surface area contributed by atoms with Crippen molar-refractivity contribution in [3.8, 4) is 0 Å². The van der Waals surface area contributed by atoms with Crippen LogP contribution in [0, 0.1) is 0 Å². The normalized spacial score (nSPS) is 13.4. The van der Waals surface area contributed by atoms with Crippen molar-refractivity contribution >= 4 is 21.4 Å². The van der Waals surface area contributed by atoms with Crippen LogP contribution in [0.1, 0.15) is 23.4 Å². The summed E-state index contributed by atoms with van der Waals surface area (Å²) < 4.78 is 26.3. The van der Waals surface area contributed by atoms with E-state index in [0.29, 0.717) is 0 Å². The minimum absolute atomic E-state index is 0.0850. The number of benzene rings is 1. The van der Waals surface area contributed by atoms with E-state index in [1.54, 1.807) is 18.3 Å². The Bertz CT molecular complexity index is 577. The summed E-state index contributed by atoms with van der Waals surface area (Å²) >= 11 is 1.55. The molecule has 96 valence electrons. The van der Waals surface area contributed by atoms with Crippen molar-refractivity contribution in [1.29, 1.82) is 0 Å². The van der Waals surface area contributed by atoms with Crippen molar-refractivity contribution in [1.82, 2.24) is 4.72 Å². The van der Waals surface area contributed by atoms with Crippen LogP contribution in [0.2, 0.25) is 0 Å². The molecule has 0 amide bonds. The molecular formula is C13H15NO2S2. The summed E-state index contributed by atoms with van der Waals surface area (Å²) in [6, 6.07) is 13.2. The van der Waals surface area contributed by atoms with Gasteiger partial charge in [0.15, 0.2) is 0 Å². The summed E-state index contributed by atoms with van der Waals surface area (Å²) in [4.78, 5) is 0.998. The third-order valence-electron chi connectivity index (χ3n) is 2.64. The van der Waals surface area contributed by atoms with Gasteiger partial charge < -0.3 is 0 Å². The fraction of sp³-hybridized carbons (Fsp3) is 0.231. The highest BCUT2D eigenvalue weighted by Crippen LogP contribution is 2.26. The summed E-state index contributed by atoms with van der Waals surface area (Å²) in [7, 11) is -3.24. The van der Waals surface area contributed by atoms with Crippen molar-refractivity contribution in [2.45, 2.75) is 13.0 Å². The van der Waals surface area contributed by atoms with Gasteiger partial charge in [0, 0.05) is 4.88 Å². The summed E-state index contributed by atoms with van der Waals surface area (Å²) in [5.74, 6) is 0.0850. The van der Waals surface area contributed by atoms with Crippen molar-refractivity contribution in [3.05, 3.63) is 58.3 Å². The van der Waals surface area contributed by atoms with Gasteiger partial charge in [0.25, 0.3) is 0 Å². The number of nitrogens with one attached hydrogen (secondary N) is 1. The molecule has 2 rings (SSSR count). The van der Waals surface area contributed by atoms with E-state index in [1.165, 1.54) is 0 Å². The first kappa shape index (κ1) is 13.3. The zero-order chi connectivity index (χ0) is 13.0. The Labute approximate surface area is 112 Å². The molecule has 0 aliphatic carbocycles. The molecule has 1 N–H and O–H groups in total. The van der Waals surface area contributed by atoms with E-state index in [4.69, 9.17) is 0 Å². The average Bonchev–Trinajstić information content (AvgIpc) is 2.91. The van der Waals surface area contributed by atoms with Crippen molar-refractivity contribution in [2.75, 3.05) is 5.75 Å². The molecule has 0 aliphatic heterocycles. The lowest BCUT2D eigenvalue weighted by atomic mass is 10.1. The van der Waals surface area contributed by atoms with Crippen LogP contribution in [0.25, 0.3) is 0 Å². The van der Waals surface area contributed by atoms with E-state index >= 15 is 0 Å². The Balaban J connectivity index is 2.36. The van der Waals surface area contributed by atoms with E-state index in [9.17, 15) is 8.42 Å². The van der Waals surface area contributed by atoms with Gasteiger partial charge in [-0.25, -0.2) is 13.1 Å². The van der Waals surface area contributed by atoms with Gasteiger partial charge in [-0.2, -0.15) is 0 Å². The molecule has 0 aliphatic rings. The second-order valence-electron chi connectivity index (χ2n) is 3.88. The molecular weight excluding hydrogens is 266 g/mol. The Morgan fingerprint density at radius 2 is 1.89 bits per heavy atom. The molecule has 1 aromatic heterocycles. The Morgan fingerprint density at radius 3 is 2.44 bits per heavy atom. The van der Waals surface area contributed by atoms with Crippen LogP contribution in [0.4, 0.5) is 0 Å². The molecule has 0 radical (unpaired) electrons. The molecule has 3 nitrogen and oxygen atoms in total. The monoisotopic (exact) mass is 281 g/mol. The highest BCUT2D eigenvalue weighted by Gasteiger charge is 2.20. The molecule has 0 spiro atoms. The Morgan fingerprint density at radius 1 is 1.17 bits per heavy atom. The zero-order valence-electron chi connectivity index (χ0n) is 10.0. The predicted octanol–water partition coefficient (Wildman–Crippen LogP) is 2.78. The number of hydrogen-bond acceptors (Lipinski definition) is 3. The molecule has 1 aromatic carbocycles. The van der Waals surface area contributed by atoms with Gasteiger partial charge in [-0.3, -0.25) is 0 Å². The Kier molecular flexibility index (Phi) is 4.16. The first-order valence-electron chi connectivity index (χ1n) is 5.71. The lowest BCUT2D eigenvalue weighted by Gasteiger charge is -2.17. The first-order chi connectivity index (χ1) is 8.62. The molecule has 1 atom stereocenters. The van der Waals surface area contributed by atoms with E-state index in [2.05, 4.69) is 4.72 Å². The summed E-state index contributed by atoms with van der Waals surface area (Å²) in [5, 5.41) is 1.95. The van der Waals surface area contributed by atoms with Gasteiger partial charge >= 0.3 is 0 Å². The van der Waals surface area contributed by atoms with Crippen LogP contribution >= 0.6 is 11.3 Å². The van der Waals surface area contributed by atoms with E-state index in [-0.39, 0.29) is 11.8 Å². The third kappa shape index (κ3) is 3.19. The lowest BCUT2D eigenvalue weighted by Crippen LogP contribution is -2.30. The van der Waals surface area contributed by atoms with Gasteiger partial charge in [0.05, 0.1) is 11.8 Å². The number of sulfonamides is 1. The molecule has 0 bridgehead atoms. The second kappa shape index (κ2) is 5.65. The Hall–Kier alpha value is -1.17. The summed E-state index contributed by atoms with van der Waals surface area (Å²) in [5.41, 5.74) is 0.956. The van der Waals surface area contributed by atoms with Crippen molar-refractivity contribution in [3.63, 3.8) is 0 Å². The number of hydrogen-bond donors (Lipinski definition) is 1. The number of thiophene rings is 1. The SMILES string of the molecule is CCS(=O)(=O)NC(c1ccccc1)c1cccs1. The van der Waals surface area contributed by atoms with Crippen LogP contribution in [0.5, 0.6) is 0 Å². The summed E-state index contributed by atoms with van der Waals surface area (Å²) in [6.45, 7) is 1.64. The van der Waals surface area contributed by atoms with Crippen LogP contribution < -0.4 is 4.72 Å². The molecule has 0 saturated carbocycles. The number of rotatable bonds is 5. The maximum absolute atomic E-state index is 11.8. The molecule has 2 aromatic rings. The minimum Gasteiger partial charge on any atom is -0.212 e. The molecule has 5 heteroatoms. The van der Waals surface area contributed by atoms with Crippen molar-refractivity contribution in [2.24, 2.45) is 0 Å². The largest absolute Gasteiger partial charge is 0.212 e. The first-order valence-corrected chi connectivity index (χ1v) is 8.24. The highest BCUT2D eigenvalue weighted by atomic mass is 32.2. The van der Waals surface area contributed by atoms with Gasteiger partial charge in [-0.1, -0.05) is 36.4 Å². The van der Waals surface area contributed by atoms with Crippen LogP contribution in [0.15, 0.2) is 47.8 Å². The third-order valence-corrected chi connectivity index (χ3v) is 4.93. The molecule has 0 saturated heterocycles. The predicted molar refractivity (Wildman–Crippen MR) is 75.2 cm³/mol. The van der Waals surface area contributed by atoms with E-state index < -0.39 is 10.0 Å². The van der Waals surface area contributed by atoms with Gasteiger partial charge in [-0.05, 0) is 23.9 Å². The maximum atomic E-state index is 11.8. The maximum Gasteiger partial charge on any atom is 0.212 e.